The lowest BCUT2D eigenvalue weighted by Gasteiger charge is -2.13. The van der Waals surface area contributed by atoms with Crippen molar-refractivity contribution in [3.63, 3.8) is 0 Å². The molecule has 28 heavy (non-hydrogen) atoms. The molecule has 7 heteroatoms. The molecule has 2 aromatic rings. The van der Waals surface area contributed by atoms with E-state index in [9.17, 15) is 0 Å². The minimum absolute atomic E-state index is 0.271. The number of benzene rings is 2. The second-order valence-electron chi connectivity index (χ2n) is 7.01. The summed E-state index contributed by atoms with van der Waals surface area (Å²) in [6.07, 6.45) is 0.543. The Bertz CT molecular complexity index is 664. The maximum absolute atomic E-state index is 5.91. The van der Waals surface area contributed by atoms with Gasteiger partial charge in [-0.1, -0.05) is 24.3 Å². The molecule has 2 aliphatic heterocycles. The molecule has 2 aromatic carbocycles. The molecule has 0 radical (unpaired) electrons. The van der Waals surface area contributed by atoms with Gasteiger partial charge >= 0.3 is 9.28 Å². The van der Waals surface area contributed by atoms with E-state index in [2.05, 4.69) is 0 Å². The van der Waals surface area contributed by atoms with Crippen LogP contribution < -0.4 is 9.47 Å². The predicted octanol–water partition coefficient (Wildman–Crippen LogP) is 2.83. The summed E-state index contributed by atoms with van der Waals surface area (Å²) < 4.78 is 33.4. The van der Waals surface area contributed by atoms with Crippen LogP contribution in [0.2, 0.25) is 6.55 Å². The highest BCUT2D eigenvalue weighted by Gasteiger charge is 2.23. The van der Waals surface area contributed by atoms with Gasteiger partial charge in [-0.2, -0.15) is 0 Å². The van der Waals surface area contributed by atoms with Gasteiger partial charge in [0.15, 0.2) is 0 Å². The first kappa shape index (κ1) is 19.4. The lowest BCUT2D eigenvalue weighted by atomic mass is 10.2. The van der Waals surface area contributed by atoms with E-state index in [4.69, 9.17) is 27.8 Å². The first-order valence-electron chi connectivity index (χ1n) is 9.64. The van der Waals surface area contributed by atoms with Gasteiger partial charge in [0.05, 0.1) is 26.4 Å². The third-order valence-corrected chi connectivity index (χ3v) is 5.76. The van der Waals surface area contributed by atoms with Gasteiger partial charge < -0.3 is 27.8 Å². The largest absolute Gasteiger partial charge is 0.491 e. The zero-order valence-electron chi connectivity index (χ0n) is 16.0. The van der Waals surface area contributed by atoms with Crippen LogP contribution in [0, 0.1) is 0 Å². The van der Waals surface area contributed by atoms with Crippen LogP contribution in [0.5, 0.6) is 11.5 Å². The van der Waals surface area contributed by atoms with E-state index in [1.807, 2.05) is 55.1 Å². The van der Waals surface area contributed by atoms with Crippen LogP contribution in [0.1, 0.15) is 11.1 Å². The Balaban J connectivity index is 1.13. The predicted molar refractivity (Wildman–Crippen MR) is 106 cm³/mol. The molecule has 4 rings (SSSR count). The Labute approximate surface area is 167 Å². The van der Waals surface area contributed by atoms with E-state index >= 15 is 0 Å². The summed E-state index contributed by atoms with van der Waals surface area (Å²) in [5, 5.41) is 0. The van der Waals surface area contributed by atoms with Crippen molar-refractivity contribution >= 4 is 9.28 Å². The van der Waals surface area contributed by atoms with Crippen molar-refractivity contribution in [1.82, 2.24) is 0 Å². The molecule has 2 unspecified atom stereocenters. The minimum Gasteiger partial charge on any atom is -0.491 e. The van der Waals surface area contributed by atoms with E-state index in [1.165, 1.54) is 0 Å². The van der Waals surface area contributed by atoms with Crippen molar-refractivity contribution in [2.24, 2.45) is 0 Å². The molecule has 2 heterocycles. The number of rotatable bonds is 12. The first-order valence-corrected chi connectivity index (χ1v) is 11.7. The molecule has 6 nitrogen and oxygen atoms in total. The van der Waals surface area contributed by atoms with Crippen LogP contribution in [0.3, 0.4) is 0 Å². The smallest absolute Gasteiger partial charge is 0.318 e. The lowest BCUT2D eigenvalue weighted by molar-refractivity contribution is 0.187. The van der Waals surface area contributed by atoms with Gasteiger partial charge in [-0.25, -0.2) is 0 Å². The molecule has 2 saturated heterocycles. The molecule has 0 aromatic heterocycles. The molecule has 150 valence electrons. The lowest BCUT2D eigenvalue weighted by Crippen LogP contribution is -2.18. The molecule has 0 saturated carbocycles. The third-order valence-electron chi connectivity index (χ3n) is 4.49. The van der Waals surface area contributed by atoms with Crippen molar-refractivity contribution in [3.05, 3.63) is 59.7 Å². The summed E-state index contributed by atoms with van der Waals surface area (Å²) in [6, 6.07) is 16.0. The molecule has 0 amide bonds. The van der Waals surface area contributed by atoms with Crippen molar-refractivity contribution in [1.29, 1.82) is 0 Å². The van der Waals surface area contributed by atoms with Crippen LogP contribution in [-0.2, 0) is 31.5 Å². The van der Waals surface area contributed by atoms with Gasteiger partial charge in [0.25, 0.3) is 0 Å². The zero-order chi connectivity index (χ0) is 19.2. The van der Waals surface area contributed by atoms with Gasteiger partial charge in [-0.3, -0.25) is 0 Å². The fraction of sp³-hybridized carbons (Fsp3) is 0.429. The Morgan fingerprint density at radius 1 is 0.750 bits per heavy atom. The van der Waals surface area contributed by atoms with Crippen molar-refractivity contribution < 1.29 is 27.8 Å². The van der Waals surface area contributed by atoms with E-state index in [0.29, 0.717) is 26.4 Å². The summed E-state index contributed by atoms with van der Waals surface area (Å²) in [5.41, 5.74) is 2.22. The normalized spacial score (nSPS) is 21.2. The van der Waals surface area contributed by atoms with Crippen LogP contribution in [-0.4, -0.2) is 47.9 Å². The molecule has 0 spiro atoms. The average Bonchev–Trinajstić information content (AvgIpc) is 3.64. The average molecular weight is 403 g/mol. The van der Waals surface area contributed by atoms with Gasteiger partial charge in [-0.15, -0.1) is 0 Å². The topological polar surface area (TPSA) is 62.0 Å². The van der Waals surface area contributed by atoms with Crippen molar-refractivity contribution in [3.8, 4) is 11.5 Å². The molecular weight excluding hydrogens is 376 g/mol. The maximum atomic E-state index is 5.91. The van der Waals surface area contributed by atoms with Gasteiger partial charge in [0.2, 0.25) is 0 Å². The Kier molecular flexibility index (Phi) is 6.61. The molecule has 0 N–H and O–H groups in total. The minimum atomic E-state index is -1.70. The van der Waals surface area contributed by atoms with Gasteiger partial charge in [0, 0.05) is 0 Å². The molecule has 2 aliphatic rings. The molecular formula is C21H26O6Si. The number of ether oxygens (including phenoxy) is 4. The van der Waals surface area contributed by atoms with Crippen LogP contribution in [0.4, 0.5) is 0 Å². The monoisotopic (exact) mass is 402 g/mol. The van der Waals surface area contributed by atoms with Crippen LogP contribution >= 0.6 is 0 Å². The summed E-state index contributed by atoms with van der Waals surface area (Å²) >= 11 is 0. The number of hydrogen-bond donors (Lipinski definition) is 0. The second kappa shape index (κ2) is 9.53. The summed E-state index contributed by atoms with van der Waals surface area (Å²) in [5.74, 6) is 1.72. The molecule has 2 fully saturated rings. The van der Waals surface area contributed by atoms with E-state index in [0.717, 1.165) is 35.8 Å². The molecule has 0 bridgehead atoms. The van der Waals surface area contributed by atoms with Crippen LogP contribution in [0.25, 0.3) is 0 Å². The Hall–Kier alpha value is -1.90. The second-order valence-corrected chi connectivity index (χ2v) is 8.81. The first-order chi connectivity index (χ1) is 13.7. The van der Waals surface area contributed by atoms with Gasteiger partial charge in [0.1, 0.15) is 36.9 Å². The number of epoxide rings is 2. The highest BCUT2D eigenvalue weighted by molar-refractivity contribution is 6.42. The highest BCUT2D eigenvalue weighted by atomic mass is 28.3. The van der Waals surface area contributed by atoms with Gasteiger partial charge in [-0.05, 0) is 41.9 Å². The quantitative estimate of drug-likeness (QED) is 0.402. The van der Waals surface area contributed by atoms with Crippen molar-refractivity contribution in [2.45, 2.75) is 32.0 Å². The highest BCUT2D eigenvalue weighted by Crippen LogP contribution is 2.18. The van der Waals surface area contributed by atoms with Crippen molar-refractivity contribution in [2.75, 3.05) is 26.4 Å². The fourth-order valence-corrected chi connectivity index (χ4v) is 3.50. The summed E-state index contributed by atoms with van der Waals surface area (Å²) in [6.45, 7) is 6.00. The van der Waals surface area contributed by atoms with E-state index < -0.39 is 9.28 Å². The Morgan fingerprint density at radius 3 is 1.50 bits per heavy atom. The van der Waals surface area contributed by atoms with Crippen LogP contribution in [0.15, 0.2) is 48.5 Å². The summed E-state index contributed by atoms with van der Waals surface area (Å²) in [4.78, 5) is 0. The maximum Gasteiger partial charge on any atom is 0.318 e. The number of hydrogen-bond acceptors (Lipinski definition) is 6. The van der Waals surface area contributed by atoms with E-state index in [-0.39, 0.29) is 12.2 Å². The summed E-state index contributed by atoms with van der Waals surface area (Å²) in [7, 11) is -1.70. The molecule has 2 atom stereocenters. The third kappa shape index (κ3) is 6.61. The SMILES string of the molecule is C[SiH](OCc1ccc(OCC2CO2)cc1)OCc1ccc(OCC2CO2)cc1. The zero-order valence-corrected chi connectivity index (χ0v) is 17.2. The standard InChI is InChI=1S/C21H26O6Si/c1-28(26-10-16-2-6-18(7-3-16)22-12-20-14-24-20)27-11-17-4-8-19(9-5-17)23-13-21-15-25-21/h2-9,20-21,28H,10-15H2,1H3. The fourth-order valence-electron chi connectivity index (χ4n) is 2.55. The Morgan fingerprint density at radius 2 is 1.14 bits per heavy atom. The molecule has 0 aliphatic carbocycles. The van der Waals surface area contributed by atoms with E-state index in [1.54, 1.807) is 0 Å².